The lowest BCUT2D eigenvalue weighted by molar-refractivity contribution is -0.161. The molecule has 5 fully saturated rings. The van der Waals surface area contributed by atoms with Crippen molar-refractivity contribution in [3.05, 3.63) is 24.1 Å². The maximum Gasteiger partial charge on any atom is 0.410 e. The second-order valence-electron chi connectivity index (χ2n) is 9.37. The van der Waals surface area contributed by atoms with Gasteiger partial charge in [-0.05, 0) is 68.4 Å². The molecule has 4 aliphatic carbocycles. The van der Waals surface area contributed by atoms with E-state index in [1.807, 2.05) is 0 Å². The first-order valence-electron chi connectivity index (χ1n) is 10.6. The lowest BCUT2D eigenvalue weighted by Crippen LogP contribution is -2.59. The Balaban J connectivity index is 1.20. The molecule has 7 nitrogen and oxygen atoms in total. The van der Waals surface area contributed by atoms with Crippen LogP contribution in [0.25, 0.3) is 0 Å². The number of halogens is 1. The minimum absolute atomic E-state index is 0.0522. The number of hydrogen-bond acceptors (Lipinski definition) is 5. The van der Waals surface area contributed by atoms with Crippen LogP contribution in [0.4, 0.5) is 15.0 Å². The number of nitrogens with two attached hydrogens (primary N) is 1. The van der Waals surface area contributed by atoms with Gasteiger partial charge in [0.25, 0.3) is 0 Å². The smallest absolute Gasteiger partial charge is 0.410 e. The van der Waals surface area contributed by atoms with Crippen molar-refractivity contribution in [2.45, 2.75) is 50.7 Å². The molecule has 1 aliphatic heterocycles. The maximum absolute atomic E-state index is 13.8. The average Bonchev–Trinajstić information content (AvgIpc) is 3.14. The summed E-state index contributed by atoms with van der Waals surface area (Å²) in [7, 11) is 0. The van der Waals surface area contributed by atoms with Gasteiger partial charge < -0.3 is 20.7 Å². The van der Waals surface area contributed by atoms with Crippen LogP contribution >= 0.6 is 0 Å². The molecule has 0 aromatic carbocycles. The van der Waals surface area contributed by atoms with Crippen LogP contribution in [0.2, 0.25) is 0 Å². The Morgan fingerprint density at radius 2 is 2.03 bits per heavy atom. The van der Waals surface area contributed by atoms with Crippen molar-refractivity contribution in [3.63, 3.8) is 0 Å². The predicted octanol–water partition coefficient (Wildman–Crippen LogP) is 2.52. The molecule has 8 heteroatoms. The third-order valence-corrected chi connectivity index (χ3v) is 7.49. The van der Waals surface area contributed by atoms with Crippen LogP contribution in [0.15, 0.2) is 18.3 Å². The highest BCUT2D eigenvalue weighted by atomic mass is 19.1. The first-order chi connectivity index (χ1) is 13.9. The van der Waals surface area contributed by atoms with Crippen molar-refractivity contribution in [1.29, 1.82) is 0 Å². The molecule has 2 amide bonds. The molecule has 4 saturated carbocycles. The summed E-state index contributed by atoms with van der Waals surface area (Å²) in [5.74, 6) is 0.630. The molecule has 1 aromatic heterocycles. The van der Waals surface area contributed by atoms with E-state index in [-0.39, 0.29) is 47.2 Å². The molecule has 2 heterocycles. The van der Waals surface area contributed by atoms with E-state index >= 15 is 0 Å². The quantitative estimate of drug-likeness (QED) is 0.807. The number of carbonyl (C=O) groups is 2. The number of anilines is 1. The molecule has 3 atom stereocenters. The summed E-state index contributed by atoms with van der Waals surface area (Å²) in [6, 6.07) is 2.86. The van der Waals surface area contributed by atoms with Gasteiger partial charge in [0.2, 0.25) is 5.91 Å². The van der Waals surface area contributed by atoms with Gasteiger partial charge in [0, 0.05) is 25.3 Å². The highest BCUT2D eigenvalue weighted by Gasteiger charge is 2.59. The Labute approximate surface area is 169 Å². The van der Waals surface area contributed by atoms with Crippen LogP contribution in [-0.4, -0.2) is 47.1 Å². The number of pyridine rings is 1. The van der Waals surface area contributed by atoms with E-state index in [4.69, 9.17) is 10.5 Å². The van der Waals surface area contributed by atoms with E-state index in [9.17, 15) is 14.0 Å². The molecule has 29 heavy (non-hydrogen) atoms. The van der Waals surface area contributed by atoms with Gasteiger partial charge in [-0.15, -0.1) is 0 Å². The van der Waals surface area contributed by atoms with Gasteiger partial charge in [-0.3, -0.25) is 4.79 Å². The number of nitrogens with zero attached hydrogens (tertiary/aromatic N) is 2. The average molecular weight is 402 g/mol. The van der Waals surface area contributed by atoms with E-state index in [2.05, 4.69) is 10.3 Å². The molecular formula is C21H27FN4O3. The maximum atomic E-state index is 13.8. The van der Waals surface area contributed by atoms with Crippen LogP contribution in [0, 0.1) is 29.0 Å². The fraction of sp³-hybridized carbons (Fsp3) is 0.667. The van der Waals surface area contributed by atoms with E-state index in [0.717, 1.165) is 38.5 Å². The number of amides is 2. The van der Waals surface area contributed by atoms with Crippen LogP contribution in [-0.2, 0) is 9.53 Å². The summed E-state index contributed by atoms with van der Waals surface area (Å²) in [5, 5.41) is 3.08. The fourth-order valence-corrected chi connectivity index (χ4v) is 6.39. The number of rotatable bonds is 4. The van der Waals surface area contributed by atoms with Gasteiger partial charge in [0.05, 0.1) is 5.41 Å². The Morgan fingerprint density at radius 3 is 2.72 bits per heavy atom. The second kappa shape index (κ2) is 6.85. The third kappa shape index (κ3) is 3.22. The second-order valence-corrected chi connectivity index (χ2v) is 9.37. The van der Waals surface area contributed by atoms with Gasteiger partial charge in [-0.2, -0.15) is 0 Å². The van der Waals surface area contributed by atoms with Crippen molar-refractivity contribution in [3.8, 4) is 0 Å². The standard InChI is InChI=1S/C21H27FN4O3/c22-16-2-1-4-24-18(16)25-15-3-5-26(11-15)20(28)29-17-13-6-12-7-14(17)10-21(8-12,9-13)19(23)27/h1-2,4,12-15,17H,3,5-11H2,(H2,23,27)(H,24,25)/t12?,13?,14?,15-,17?,21?/m1/s1. The molecule has 6 rings (SSSR count). The van der Waals surface area contributed by atoms with Crippen molar-refractivity contribution in [2.75, 3.05) is 18.4 Å². The number of aromatic nitrogens is 1. The van der Waals surface area contributed by atoms with Gasteiger partial charge in [0.15, 0.2) is 11.6 Å². The number of likely N-dealkylation sites (tertiary alicyclic amines) is 1. The van der Waals surface area contributed by atoms with Crippen molar-refractivity contribution >= 4 is 17.8 Å². The van der Waals surface area contributed by atoms with E-state index in [0.29, 0.717) is 19.0 Å². The Kier molecular flexibility index (Phi) is 4.40. The van der Waals surface area contributed by atoms with Crippen molar-refractivity contribution in [1.82, 2.24) is 9.88 Å². The SMILES string of the molecule is NC(=O)C12CC3CC(C1)C(OC(=O)N1CC[C@@H](Nc4ncccc4F)C1)C(C3)C2. The number of carbonyl (C=O) groups excluding carboxylic acids is 2. The topological polar surface area (TPSA) is 97.6 Å². The first-order valence-corrected chi connectivity index (χ1v) is 10.6. The van der Waals surface area contributed by atoms with Crippen LogP contribution in [0.5, 0.6) is 0 Å². The molecule has 4 bridgehead atoms. The summed E-state index contributed by atoms with van der Waals surface area (Å²) >= 11 is 0. The zero-order valence-electron chi connectivity index (χ0n) is 16.4. The van der Waals surface area contributed by atoms with Crippen LogP contribution in [0.3, 0.4) is 0 Å². The molecule has 1 saturated heterocycles. The fourth-order valence-electron chi connectivity index (χ4n) is 6.39. The molecular weight excluding hydrogens is 375 g/mol. The molecule has 2 unspecified atom stereocenters. The molecule has 1 aromatic rings. The number of primary amides is 1. The minimum Gasteiger partial charge on any atom is -0.446 e. The zero-order valence-corrected chi connectivity index (χ0v) is 16.4. The van der Waals surface area contributed by atoms with E-state index < -0.39 is 5.82 Å². The lowest BCUT2D eigenvalue weighted by Gasteiger charge is -2.58. The first kappa shape index (κ1) is 18.6. The van der Waals surface area contributed by atoms with Gasteiger partial charge in [-0.25, -0.2) is 14.2 Å². The van der Waals surface area contributed by atoms with Gasteiger partial charge in [-0.1, -0.05) is 0 Å². The minimum atomic E-state index is -0.398. The lowest BCUT2D eigenvalue weighted by atomic mass is 9.48. The number of hydrogen-bond donors (Lipinski definition) is 2. The van der Waals surface area contributed by atoms with E-state index in [1.165, 1.54) is 12.3 Å². The van der Waals surface area contributed by atoms with Crippen LogP contribution in [0.1, 0.15) is 38.5 Å². The highest BCUT2D eigenvalue weighted by molar-refractivity contribution is 5.81. The number of ether oxygens (including phenoxy) is 1. The molecule has 0 spiro atoms. The largest absolute Gasteiger partial charge is 0.446 e. The zero-order chi connectivity index (χ0) is 20.2. The normalized spacial score (nSPS) is 37.6. The highest BCUT2D eigenvalue weighted by Crippen LogP contribution is 2.60. The number of nitrogens with one attached hydrogen (secondary N) is 1. The van der Waals surface area contributed by atoms with Crippen molar-refractivity contribution in [2.24, 2.45) is 28.9 Å². The molecule has 3 N–H and O–H groups in total. The summed E-state index contributed by atoms with van der Waals surface area (Å²) in [6.45, 7) is 1.03. The summed E-state index contributed by atoms with van der Waals surface area (Å²) in [5.41, 5.74) is 5.35. The van der Waals surface area contributed by atoms with Gasteiger partial charge in [0.1, 0.15) is 6.10 Å². The summed E-state index contributed by atoms with van der Waals surface area (Å²) in [4.78, 5) is 30.6. The Bertz CT molecular complexity index is 818. The summed E-state index contributed by atoms with van der Waals surface area (Å²) < 4.78 is 19.8. The molecule has 5 aliphatic rings. The Morgan fingerprint density at radius 1 is 1.28 bits per heavy atom. The van der Waals surface area contributed by atoms with Crippen LogP contribution < -0.4 is 11.1 Å². The predicted molar refractivity (Wildman–Crippen MR) is 103 cm³/mol. The monoisotopic (exact) mass is 402 g/mol. The Hall–Kier alpha value is -2.38. The molecule has 156 valence electrons. The van der Waals surface area contributed by atoms with E-state index in [1.54, 1.807) is 11.0 Å². The van der Waals surface area contributed by atoms with Gasteiger partial charge >= 0.3 is 6.09 Å². The van der Waals surface area contributed by atoms with Crippen molar-refractivity contribution < 1.29 is 18.7 Å². The summed E-state index contributed by atoms with van der Waals surface area (Å²) in [6.07, 6.45) is 6.27. The molecule has 0 radical (unpaired) electrons. The third-order valence-electron chi connectivity index (χ3n) is 7.49.